The maximum absolute atomic E-state index is 13.1. The molecule has 0 saturated carbocycles. The average molecular weight is 460 g/mol. The predicted molar refractivity (Wildman–Crippen MR) is 118 cm³/mol. The molecule has 6 nitrogen and oxygen atoms in total. The van der Waals surface area contributed by atoms with E-state index in [1.165, 1.54) is 30.5 Å². The van der Waals surface area contributed by atoms with Gasteiger partial charge in [-0.15, -0.1) is 0 Å². The number of pyridine rings is 1. The fourth-order valence-electron chi connectivity index (χ4n) is 3.22. The highest BCUT2D eigenvalue weighted by Gasteiger charge is 2.29. The lowest BCUT2D eigenvalue weighted by molar-refractivity contribution is -0.153. The summed E-state index contributed by atoms with van der Waals surface area (Å²) in [6, 6.07) is 13.7. The number of para-hydroxylation sites is 1. The fraction of sp³-hybridized carbons (Fsp3) is 0.250. The molecule has 0 aliphatic carbocycles. The van der Waals surface area contributed by atoms with Crippen LogP contribution in [0.15, 0.2) is 65.6 Å². The van der Waals surface area contributed by atoms with Crippen molar-refractivity contribution in [3.05, 3.63) is 87.8 Å². The van der Waals surface area contributed by atoms with E-state index < -0.39 is 29.9 Å². The summed E-state index contributed by atoms with van der Waals surface area (Å²) in [5.41, 5.74) is -0.285. The van der Waals surface area contributed by atoms with E-state index in [1.54, 1.807) is 51.1 Å². The fourth-order valence-corrected chi connectivity index (χ4v) is 3.22. The van der Waals surface area contributed by atoms with E-state index in [0.717, 1.165) is 4.57 Å². The highest BCUT2D eigenvalue weighted by atomic mass is 19.4. The van der Waals surface area contributed by atoms with Crippen molar-refractivity contribution in [3.63, 3.8) is 0 Å². The van der Waals surface area contributed by atoms with Crippen molar-refractivity contribution in [1.82, 2.24) is 4.57 Å². The molecule has 3 aromatic rings. The number of alkyl halides is 3. The second kappa shape index (κ2) is 9.11. The number of benzene rings is 2. The maximum atomic E-state index is 13.1. The van der Waals surface area contributed by atoms with Gasteiger partial charge in [0.05, 0.1) is 11.3 Å². The summed E-state index contributed by atoms with van der Waals surface area (Å²) in [7, 11) is 0. The molecule has 0 aliphatic rings. The molecule has 1 heterocycles. The lowest BCUT2D eigenvalue weighted by Crippen LogP contribution is -2.29. The molecule has 2 N–H and O–H groups in total. The van der Waals surface area contributed by atoms with Gasteiger partial charge in [0, 0.05) is 11.9 Å². The Hall–Kier alpha value is -3.59. The third kappa shape index (κ3) is 5.81. The summed E-state index contributed by atoms with van der Waals surface area (Å²) >= 11 is 0. The Morgan fingerprint density at radius 2 is 1.73 bits per heavy atom. The van der Waals surface area contributed by atoms with E-state index in [-0.39, 0.29) is 17.0 Å². The lowest BCUT2D eigenvalue weighted by Gasteiger charge is -2.18. The molecule has 0 radical (unpaired) electrons. The molecule has 2 aromatic carbocycles. The van der Waals surface area contributed by atoms with Crippen molar-refractivity contribution < 1.29 is 27.8 Å². The number of anilines is 1. The van der Waals surface area contributed by atoms with Gasteiger partial charge in [0.2, 0.25) is 0 Å². The van der Waals surface area contributed by atoms with Gasteiger partial charge in [-0.25, -0.2) is 0 Å². The molecule has 0 unspecified atom stereocenters. The Labute approximate surface area is 188 Å². The first kappa shape index (κ1) is 24.1. The van der Waals surface area contributed by atoms with Crippen molar-refractivity contribution in [3.8, 4) is 11.4 Å². The minimum absolute atomic E-state index is 0.121. The maximum Gasteiger partial charge on any atom is 0.422 e. The first-order valence-electron chi connectivity index (χ1n) is 10.0. The number of nitrogens with one attached hydrogen (secondary N) is 1. The molecule has 0 bridgehead atoms. The number of ether oxygens (including phenoxy) is 1. The third-order valence-corrected chi connectivity index (χ3v) is 4.87. The van der Waals surface area contributed by atoms with Crippen LogP contribution in [-0.2, 0) is 5.60 Å². The van der Waals surface area contributed by atoms with E-state index in [4.69, 9.17) is 4.74 Å². The van der Waals surface area contributed by atoms with Crippen LogP contribution in [0.5, 0.6) is 5.75 Å². The van der Waals surface area contributed by atoms with Crippen LogP contribution in [0, 0.1) is 6.92 Å². The van der Waals surface area contributed by atoms with Crippen molar-refractivity contribution in [2.45, 2.75) is 32.5 Å². The molecule has 0 aliphatic heterocycles. The van der Waals surface area contributed by atoms with E-state index in [0.29, 0.717) is 16.8 Å². The second-order valence-electron chi connectivity index (χ2n) is 8.01. The number of carbonyl (C=O) groups is 1. The summed E-state index contributed by atoms with van der Waals surface area (Å²) in [6.45, 7) is 3.37. The molecule has 174 valence electrons. The molecule has 33 heavy (non-hydrogen) atoms. The molecular formula is C24H23F3N2O4. The highest BCUT2D eigenvalue weighted by molar-refractivity contribution is 6.04. The van der Waals surface area contributed by atoms with Gasteiger partial charge in [0.1, 0.15) is 11.3 Å². The molecule has 0 saturated heterocycles. The molecule has 0 spiro atoms. The lowest BCUT2D eigenvalue weighted by atomic mass is 9.98. The monoisotopic (exact) mass is 460 g/mol. The first-order chi connectivity index (χ1) is 15.4. The SMILES string of the molecule is Cc1cccc(OCC(F)(F)F)c1-n1cccc(C(=O)Nc2ccc(C(C)(C)O)cc2)c1=O. The van der Waals surface area contributed by atoms with Crippen LogP contribution in [0.25, 0.3) is 5.69 Å². The summed E-state index contributed by atoms with van der Waals surface area (Å²) in [5, 5.41) is 12.7. The Morgan fingerprint density at radius 3 is 2.33 bits per heavy atom. The predicted octanol–water partition coefficient (Wildman–Crippen LogP) is 4.57. The zero-order valence-electron chi connectivity index (χ0n) is 18.2. The standard InChI is InChI=1S/C24H23F3N2O4/c1-15-6-4-8-19(33-14-24(25,26)27)20(15)29-13-5-7-18(22(29)31)21(30)28-17-11-9-16(10-12-17)23(2,3)32/h4-13,32H,14H2,1-3H3,(H,28,30). The molecule has 1 amide bonds. The van der Waals surface area contributed by atoms with Gasteiger partial charge in [-0.3, -0.25) is 14.2 Å². The second-order valence-corrected chi connectivity index (χ2v) is 8.01. The van der Waals surface area contributed by atoms with Crippen LogP contribution in [-0.4, -0.2) is 28.4 Å². The van der Waals surface area contributed by atoms with Crippen molar-refractivity contribution >= 4 is 11.6 Å². The number of aliphatic hydroxyl groups is 1. The molecule has 1 aromatic heterocycles. The number of hydrogen-bond acceptors (Lipinski definition) is 4. The largest absolute Gasteiger partial charge is 0.482 e. The number of aryl methyl sites for hydroxylation is 1. The smallest absolute Gasteiger partial charge is 0.422 e. The van der Waals surface area contributed by atoms with Gasteiger partial charge in [0.25, 0.3) is 11.5 Å². The first-order valence-corrected chi connectivity index (χ1v) is 10.0. The van der Waals surface area contributed by atoms with Crippen LogP contribution in [0.4, 0.5) is 18.9 Å². The van der Waals surface area contributed by atoms with Crippen LogP contribution in [0.1, 0.15) is 35.3 Å². The van der Waals surface area contributed by atoms with Gasteiger partial charge in [-0.1, -0.05) is 24.3 Å². The third-order valence-electron chi connectivity index (χ3n) is 4.87. The van der Waals surface area contributed by atoms with Crippen LogP contribution < -0.4 is 15.6 Å². The Kier molecular flexibility index (Phi) is 6.64. The van der Waals surface area contributed by atoms with Gasteiger partial charge < -0.3 is 15.2 Å². The van der Waals surface area contributed by atoms with Crippen LogP contribution >= 0.6 is 0 Å². The van der Waals surface area contributed by atoms with E-state index in [1.807, 2.05) is 0 Å². The van der Waals surface area contributed by atoms with Gasteiger partial charge in [-0.2, -0.15) is 13.2 Å². The highest BCUT2D eigenvalue weighted by Crippen LogP contribution is 2.28. The van der Waals surface area contributed by atoms with E-state index >= 15 is 0 Å². The van der Waals surface area contributed by atoms with Crippen molar-refractivity contribution in [1.29, 1.82) is 0 Å². The number of aromatic nitrogens is 1. The molecule has 3 rings (SSSR count). The Bertz CT molecular complexity index is 1210. The summed E-state index contributed by atoms with van der Waals surface area (Å²) in [4.78, 5) is 25.9. The molecular weight excluding hydrogens is 437 g/mol. The van der Waals surface area contributed by atoms with Crippen molar-refractivity contribution in [2.24, 2.45) is 0 Å². The van der Waals surface area contributed by atoms with E-state index in [9.17, 15) is 27.9 Å². The number of hydrogen-bond donors (Lipinski definition) is 2. The number of rotatable bonds is 6. The van der Waals surface area contributed by atoms with Gasteiger partial charge >= 0.3 is 6.18 Å². The average Bonchev–Trinajstić information content (AvgIpc) is 2.72. The molecule has 9 heteroatoms. The topological polar surface area (TPSA) is 80.6 Å². The zero-order valence-corrected chi connectivity index (χ0v) is 18.2. The summed E-state index contributed by atoms with van der Waals surface area (Å²) in [5.74, 6) is -0.814. The zero-order chi connectivity index (χ0) is 24.4. The van der Waals surface area contributed by atoms with Crippen molar-refractivity contribution in [2.75, 3.05) is 11.9 Å². The minimum atomic E-state index is -4.55. The molecule has 0 atom stereocenters. The summed E-state index contributed by atoms with van der Waals surface area (Å²) < 4.78 is 44.0. The number of nitrogens with zero attached hydrogens (tertiary/aromatic N) is 1. The summed E-state index contributed by atoms with van der Waals surface area (Å²) in [6.07, 6.45) is -3.19. The van der Waals surface area contributed by atoms with Crippen LogP contribution in [0.2, 0.25) is 0 Å². The number of halogens is 3. The number of carbonyl (C=O) groups excluding carboxylic acids is 1. The van der Waals surface area contributed by atoms with Gasteiger partial charge in [-0.05, 0) is 62.2 Å². The molecule has 0 fully saturated rings. The van der Waals surface area contributed by atoms with Gasteiger partial charge in [0.15, 0.2) is 6.61 Å². The van der Waals surface area contributed by atoms with E-state index in [2.05, 4.69) is 5.32 Å². The Morgan fingerprint density at radius 1 is 1.06 bits per heavy atom. The normalized spacial score (nSPS) is 11.8. The van der Waals surface area contributed by atoms with Crippen LogP contribution in [0.3, 0.4) is 0 Å². The number of amides is 1. The Balaban J connectivity index is 1.93. The minimum Gasteiger partial charge on any atom is -0.482 e. The quantitative estimate of drug-likeness (QED) is 0.565.